The van der Waals surface area contributed by atoms with Crippen LogP contribution in [0.3, 0.4) is 0 Å². The van der Waals surface area contributed by atoms with Crippen LogP contribution in [-0.4, -0.2) is 35.1 Å². The molecule has 2 amide bonds. The topological polar surface area (TPSA) is 69.6 Å². The largest absolute Gasteiger partial charge is 0.478 e. The van der Waals surface area contributed by atoms with Crippen molar-refractivity contribution in [2.75, 3.05) is 18.4 Å². The smallest absolute Gasteiger partial charge is 0.337 e. The number of hydrogen-bond donors (Lipinski definition) is 2. The Balaban J connectivity index is 2.13. The highest BCUT2D eigenvalue weighted by atomic mass is 19.1. The molecule has 0 heterocycles. The Kier molecular flexibility index (Phi) is 4.43. The Hall–Kier alpha value is -2.55. The van der Waals surface area contributed by atoms with E-state index in [0.717, 1.165) is 25.0 Å². The third-order valence-electron chi connectivity index (χ3n) is 3.20. The van der Waals surface area contributed by atoms with E-state index in [2.05, 4.69) is 11.2 Å². The van der Waals surface area contributed by atoms with Gasteiger partial charge in [0.1, 0.15) is 5.82 Å². The lowest BCUT2D eigenvalue weighted by atomic mass is 10.1. The molecule has 1 aromatic carbocycles. The fourth-order valence-electron chi connectivity index (χ4n) is 1.94. The summed E-state index contributed by atoms with van der Waals surface area (Å²) in [6.45, 7) is 0.686. The number of anilines is 1. The number of nitrogens with one attached hydrogen (secondary N) is 1. The molecule has 1 aliphatic rings. The van der Waals surface area contributed by atoms with Crippen molar-refractivity contribution >= 4 is 17.7 Å². The highest BCUT2D eigenvalue weighted by molar-refractivity contribution is 6.00. The van der Waals surface area contributed by atoms with Crippen molar-refractivity contribution in [2.24, 2.45) is 5.92 Å². The van der Waals surface area contributed by atoms with Gasteiger partial charge < -0.3 is 15.3 Å². The molecule has 1 aliphatic carbocycles. The summed E-state index contributed by atoms with van der Waals surface area (Å²) in [6.07, 6.45) is 7.36. The molecule has 0 aliphatic heterocycles. The number of halogens is 1. The van der Waals surface area contributed by atoms with Gasteiger partial charge in [0.2, 0.25) is 0 Å². The van der Waals surface area contributed by atoms with Crippen LogP contribution in [0.1, 0.15) is 23.2 Å². The van der Waals surface area contributed by atoms with Gasteiger partial charge in [-0.2, -0.15) is 0 Å². The van der Waals surface area contributed by atoms with Crippen LogP contribution in [0.5, 0.6) is 0 Å². The van der Waals surface area contributed by atoms with Crippen LogP contribution < -0.4 is 5.32 Å². The summed E-state index contributed by atoms with van der Waals surface area (Å²) < 4.78 is 13.1. The molecule has 21 heavy (non-hydrogen) atoms. The first-order valence-electron chi connectivity index (χ1n) is 6.53. The van der Waals surface area contributed by atoms with Crippen LogP contribution in [-0.2, 0) is 0 Å². The van der Waals surface area contributed by atoms with Crippen molar-refractivity contribution in [3.63, 3.8) is 0 Å². The summed E-state index contributed by atoms with van der Waals surface area (Å²) in [6, 6.07) is 2.70. The molecular weight excluding hydrogens is 275 g/mol. The highest BCUT2D eigenvalue weighted by Gasteiger charge is 2.27. The van der Waals surface area contributed by atoms with Gasteiger partial charge in [0, 0.05) is 6.54 Å². The number of aromatic carboxylic acids is 1. The predicted octanol–water partition coefficient (Wildman–Crippen LogP) is 2.40. The Labute approximate surface area is 121 Å². The van der Waals surface area contributed by atoms with Crippen molar-refractivity contribution in [2.45, 2.75) is 12.8 Å². The molecule has 0 aromatic heterocycles. The minimum absolute atomic E-state index is 0.0479. The van der Waals surface area contributed by atoms with Crippen molar-refractivity contribution < 1.29 is 19.1 Å². The zero-order valence-corrected chi connectivity index (χ0v) is 11.3. The molecule has 0 atom stereocenters. The van der Waals surface area contributed by atoms with E-state index >= 15 is 0 Å². The lowest BCUT2D eigenvalue weighted by Gasteiger charge is -2.21. The van der Waals surface area contributed by atoms with Gasteiger partial charge in [0.15, 0.2) is 0 Å². The van der Waals surface area contributed by atoms with Gasteiger partial charge in [-0.25, -0.2) is 14.0 Å². The van der Waals surface area contributed by atoms with Gasteiger partial charge in [0.05, 0.1) is 17.8 Å². The zero-order valence-electron chi connectivity index (χ0n) is 11.3. The van der Waals surface area contributed by atoms with E-state index in [9.17, 15) is 14.0 Å². The fraction of sp³-hybridized carbons (Fsp3) is 0.333. The average molecular weight is 290 g/mol. The first-order valence-corrected chi connectivity index (χ1v) is 6.53. The van der Waals surface area contributed by atoms with Crippen LogP contribution in [0.25, 0.3) is 0 Å². The second kappa shape index (κ2) is 6.27. The Morgan fingerprint density at radius 2 is 2.19 bits per heavy atom. The van der Waals surface area contributed by atoms with E-state index in [4.69, 9.17) is 11.5 Å². The summed E-state index contributed by atoms with van der Waals surface area (Å²) in [4.78, 5) is 24.7. The van der Waals surface area contributed by atoms with Gasteiger partial charge in [-0.05, 0) is 37.0 Å². The van der Waals surface area contributed by atoms with Crippen LogP contribution >= 0.6 is 0 Å². The molecule has 1 saturated carbocycles. The molecule has 2 N–H and O–H groups in total. The molecule has 1 fully saturated rings. The number of benzene rings is 1. The molecule has 6 heteroatoms. The number of carbonyl (C=O) groups excluding carboxylic acids is 1. The first kappa shape index (κ1) is 14.9. The van der Waals surface area contributed by atoms with Gasteiger partial charge in [0.25, 0.3) is 0 Å². The summed E-state index contributed by atoms with van der Waals surface area (Å²) in [5.74, 6) is 0.871. The molecular formula is C15H15FN2O3. The molecule has 1 aromatic rings. The quantitative estimate of drug-likeness (QED) is 0.818. The summed E-state index contributed by atoms with van der Waals surface area (Å²) >= 11 is 0. The van der Waals surface area contributed by atoms with E-state index in [1.54, 1.807) is 0 Å². The fourth-order valence-corrected chi connectivity index (χ4v) is 1.94. The number of hydrogen-bond acceptors (Lipinski definition) is 2. The Morgan fingerprint density at radius 1 is 1.48 bits per heavy atom. The number of rotatable bonds is 5. The summed E-state index contributed by atoms with van der Waals surface area (Å²) in [5.41, 5.74) is -0.248. The van der Waals surface area contributed by atoms with Gasteiger partial charge in [-0.15, -0.1) is 6.42 Å². The van der Waals surface area contributed by atoms with E-state index in [1.807, 2.05) is 0 Å². The second-order valence-corrected chi connectivity index (χ2v) is 4.95. The van der Waals surface area contributed by atoms with Gasteiger partial charge in [-0.3, -0.25) is 0 Å². The van der Waals surface area contributed by atoms with Crippen LogP contribution in [0.2, 0.25) is 0 Å². The number of carbonyl (C=O) groups is 2. The molecule has 110 valence electrons. The number of amides is 2. The number of carboxylic acid groups (broad SMARTS) is 1. The SMILES string of the molecule is C#CCN(CC1CC1)C(=O)Nc1ccc(F)cc1C(=O)O. The average Bonchev–Trinajstić information content (AvgIpc) is 3.24. The first-order chi connectivity index (χ1) is 10.0. The maximum Gasteiger partial charge on any atom is 0.337 e. The van der Waals surface area contributed by atoms with E-state index in [-0.39, 0.29) is 17.8 Å². The van der Waals surface area contributed by atoms with Crippen molar-refractivity contribution in [1.29, 1.82) is 0 Å². The van der Waals surface area contributed by atoms with Crippen molar-refractivity contribution in [3.05, 3.63) is 29.6 Å². The van der Waals surface area contributed by atoms with E-state index in [0.29, 0.717) is 12.5 Å². The molecule has 2 rings (SSSR count). The van der Waals surface area contributed by atoms with E-state index in [1.165, 1.54) is 11.0 Å². The minimum Gasteiger partial charge on any atom is -0.478 e. The number of carboxylic acids is 1. The van der Waals surface area contributed by atoms with Crippen molar-refractivity contribution in [3.8, 4) is 12.3 Å². The van der Waals surface area contributed by atoms with Gasteiger partial charge >= 0.3 is 12.0 Å². The molecule has 0 saturated heterocycles. The number of nitrogens with zero attached hydrogens (tertiary/aromatic N) is 1. The minimum atomic E-state index is -1.31. The lowest BCUT2D eigenvalue weighted by molar-refractivity contribution is 0.0697. The molecule has 0 radical (unpaired) electrons. The highest BCUT2D eigenvalue weighted by Crippen LogP contribution is 2.30. The Morgan fingerprint density at radius 3 is 2.76 bits per heavy atom. The lowest BCUT2D eigenvalue weighted by Crippen LogP contribution is -2.37. The zero-order chi connectivity index (χ0) is 15.4. The maximum absolute atomic E-state index is 13.1. The summed E-state index contributed by atoms with van der Waals surface area (Å²) in [7, 11) is 0. The number of urea groups is 1. The van der Waals surface area contributed by atoms with Crippen LogP contribution in [0.15, 0.2) is 18.2 Å². The van der Waals surface area contributed by atoms with Crippen LogP contribution in [0, 0.1) is 24.1 Å². The maximum atomic E-state index is 13.1. The molecule has 5 nitrogen and oxygen atoms in total. The van der Waals surface area contributed by atoms with Crippen LogP contribution in [0.4, 0.5) is 14.9 Å². The van der Waals surface area contributed by atoms with Gasteiger partial charge in [-0.1, -0.05) is 5.92 Å². The molecule has 0 unspecified atom stereocenters. The van der Waals surface area contributed by atoms with Crippen molar-refractivity contribution in [1.82, 2.24) is 4.90 Å². The third kappa shape index (κ3) is 3.96. The molecule has 0 bridgehead atoms. The molecule has 0 spiro atoms. The van der Waals surface area contributed by atoms with E-state index < -0.39 is 17.8 Å². The predicted molar refractivity (Wildman–Crippen MR) is 75.5 cm³/mol. The Bertz CT molecular complexity index is 605. The summed E-state index contributed by atoms with van der Waals surface area (Å²) in [5, 5.41) is 11.5. The number of terminal acetylenes is 1. The monoisotopic (exact) mass is 290 g/mol. The second-order valence-electron chi connectivity index (χ2n) is 4.95. The third-order valence-corrected chi connectivity index (χ3v) is 3.20. The normalized spacial score (nSPS) is 13.3. The standard InChI is InChI=1S/C15H15FN2O3/c1-2-7-18(9-10-3-4-10)15(21)17-13-6-5-11(16)8-12(13)14(19)20/h1,5-6,8,10H,3-4,7,9H2,(H,17,21)(H,19,20).